The van der Waals surface area contributed by atoms with Crippen LogP contribution in [-0.4, -0.2) is 24.1 Å². The van der Waals surface area contributed by atoms with Gasteiger partial charge in [-0.25, -0.2) is 4.98 Å². The zero-order chi connectivity index (χ0) is 33.0. The van der Waals surface area contributed by atoms with Gasteiger partial charge in [0.1, 0.15) is 0 Å². The average Bonchev–Trinajstić information content (AvgIpc) is 3.71. The van der Waals surface area contributed by atoms with Crippen LogP contribution >= 0.6 is 0 Å². The Kier molecular flexibility index (Phi) is 6.56. The van der Waals surface area contributed by atoms with Gasteiger partial charge in [0.05, 0.1) is 22.1 Å². The minimum atomic E-state index is 0.614. The smallest absolute Gasteiger partial charge is 0.238 e. The molecule has 0 unspecified atom stereocenters. The van der Waals surface area contributed by atoms with Crippen LogP contribution in [0, 0.1) is 0 Å². The van der Waals surface area contributed by atoms with Gasteiger partial charge < -0.3 is 4.57 Å². The van der Waals surface area contributed by atoms with Crippen LogP contribution in [0.2, 0.25) is 0 Å². The SMILES string of the molecule is C1=CC(c2nc(-c3ccccc3)nc(-n3c4ccccc4c4cc(-c5ccc6c(c5)c5ccccc5n6-c5ccccc5)ccc43)n2)=CCC1. The van der Waals surface area contributed by atoms with Gasteiger partial charge >= 0.3 is 0 Å². The Morgan fingerprint density at radius 1 is 0.420 bits per heavy atom. The summed E-state index contributed by atoms with van der Waals surface area (Å²) in [7, 11) is 0. The van der Waals surface area contributed by atoms with E-state index < -0.39 is 0 Å². The summed E-state index contributed by atoms with van der Waals surface area (Å²) < 4.78 is 4.55. The number of benzene rings is 6. The van der Waals surface area contributed by atoms with Gasteiger partial charge in [0.2, 0.25) is 5.95 Å². The molecule has 0 spiro atoms. The van der Waals surface area contributed by atoms with Crippen molar-refractivity contribution in [3.8, 4) is 34.2 Å². The molecule has 5 nitrogen and oxygen atoms in total. The molecule has 1 aliphatic carbocycles. The van der Waals surface area contributed by atoms with Gasteiger partial charge in [0.15, 0.2) is 11.6 Å². The number of hydrogen-bond acceptors (Lipinski definition) is 3. The van der Waals surface area contributed by atoms with Crippen molar-refractivity contribution in [3.63, 3.8) is 0 Å². The monoisotopic (exact) mass is 641 g/mol. The summed E-state index contributed by atoms with van der Waals surface area (Å²) in [4.78, 5) is 15.2. The maximum atomic E-state index is 5.12. The zero-order valence-electron chi connectivity index (χ0n) is 27.2. The van der Waals surface area contributed by atoms with Gasteiger partial charge in [0, 0.05) is 38.4 Å². The lowest BCUT2D eigenvalue weighted by Gasteiger charge is -2.12. The van der Waals surface area contributed by atoms with Crippen LogP contribution in [0.3, 0.4) is 0 Å². The zero-order valence-corrected chi connectivity index (χ0v) is 27.2. The van der Waals surface area contributed by atoms with Crippen molar-refractivity contribution in [1.29, 1.82) is 0 Å². The van der Waals surface area contributed by atoms with Crippen molar-refractivity contribution in [2.75, 3.05) is 0 Å². The van der Waals surface area contributed by atoms with Crippen LogP contribution in [-0.2, 0) is 0 Å². The molecule has 0 aliphatic heterocycles. The molecule has 0 amide bonds. The number of nitrogens with zero attached hydrogens (tertiary/aromatic N) is 5. The van der Waals surface area contributed by atoms with Crippen LogP contribution < -0.4 is 0 Å². The largest absolute Gasteiger partial charge is 0.309 e. The second-order valence-electron chi connectivity index (χ2n) is 12.8. The van der Waals surface area contributed by atoms with E-state index in [0.29, 0.717) is 17.6 Å². The first-order valence-electron chi connectivity index (χ1n) is 17.1. The molecule has 6 aromatic carbocycles. The van der Waals surface area contributed by atoms with Crippen LogP contribution in [0.5, 0.6) is 0 Å². The molecule has 50 heavy (non-hydrogen) atoms. The normalized spacial score (nSPS) is 13.1. The Bertz CT molecular complexity index is 2800. The van der Waals surface area contributed by atoms with Crippen LogP contribution in [0.1, 0.15) is 18.7 Å². The highest BCUT2D eigenvalue weighted by molar-refractivity contribution is 6.12. The van der Waals surface area contributed by atoms with Gasteiger partial charge in [-0.1, -0.05) is 115 Å². The molecule has 0 saturated carbocycles. The summed E-state index contributed by atoms with van der Waals surface area (Å²) in [5, 5.41) is 4.80. The van der Waals surface area contributed by atoms with E-state index >= 15 is 0 Å². The molecule has 0 radical (unpaired) electrons. The Morgan fingerprint density at radius 3 is 1.64 bits per heavy atom. The Labute approximate surface area is 289 Å². The second-order valence-corrected chi connectivity index (χ2v) is 12.8. The number of fused-ring (bicyclic) bond motifs is 6. The highest BCUT2D eigenvalue weighted by Crippen LogP contribution is 2.38. The van der Waals surface area contributed by atoms with Crippen molar-refractivity contribution >= 4 is 49.2 Å². The lowest BCUT2D eigenvalue weighted by molar-refractivity contribution is 0.927. The molecular formula is C45H31N5. The maximum Gasteiger partial charge on any atom is 0.238 e. The Balaban J connectivity index is 1.17. The van der Waals surface area contributed by atoms with E-state index in [1.807, 2.05) is 18.2 Å². The quantitative estimate of drug-likeness (QED) is 0.188. The second kappa shape index (κ2) is 11.5. The highest BCUT2D eigenvalue weighted by atomic mass is 15.2. The first kappa shape index (κ1) is 28.4. The standard InChI is InChI=1S/C45H31N5/c1-4-14-30(15-5-1)43-46-44(31-16-6-2-7-17-31)48-45(47-43)50-40-23-13-11-21-36(40)38-29-33(25-27-42(38)50)32-24-26-41-37(28-32)35-20-10-12-22-39(35)49(41)34-18-8-3-9-19-34/h1,3-6,8-29H,2,7H2. The molecule has 3 heterocycles. The summed E-state index contributed by atoms with van der Waals surface area (Å²) in [6.45, 7) is 0. The fourth-order valence-corrected chi connectivity index (χ4v) is 7.47. The summed E-state index contributed by atoms with van der Waals surface area (Å²) in [5.74, 6) is 1.97. The molecule has 3 aromatic heterocycles. The van der Waals surface area contributed by atoms with Crippen molar-refractivity contribution in [1.82, 2.24) is 24.1 Å². The van der Waals surface area contributed by atoms with E-state index in [1.165, 1.54) is 27.4 Å². The van der Waals surface area contributed by atoms with E-state index in [1.54, 1.807) is 0 Å². The van der Waals surface area contributed by atoms with Crippen LogP contribution in [0.15, 0.2) is 164 Å². The molecule has 9 aromatic rings. The van der Waals surface area contributed by atoms with Crippen molar-refractivity contribution < 1.29 is 0 Å². The van der Waals surface area contributed by atoms with Gasteiger partial charge in [-0.05, 0) is 72.5 Å². The number of aromatic nitrogens is 5. The van der Waals surface area contributed by atoms with Gasteiger partial charge in [-0.15, -0.1) is 0 Å². The molecule has 0 atom stereocenters. The predicted molar refractivity (Wildman–Crippen MR) is 206 cm³/mol. The van der Waals surface area contributed by atoms with Crippen molar-refractivity contribution in [3.05, 3.63) is 170 Å². The number of allylic oxidation sites excluding steroid dienone is 4. The molecule has 5 heteroatoms. The molecule has 236 valence electrons. The summed E-state index contributed by atoms with van der Waals surface area (Å²) in [6, 6.07) is 51.6. The maximum absolute atomic E-state index is 5.12. The number of hydrogen-bond donors (Lipinski definition) is 0. The number of rotatable bonds is 5. The number of para-hydroxylation sites is 3. The van der Waals surface area contributed by atoms with E-state index in [0.717, 1.165) is 57.0 Å². The average molecular weight is 642 g/mol. The fourth-order valence-electron chi connectivity index (χ4n) is 7.47. The first-order valence-corrected chi connectivity index (χ1v) is 17.1. The van der Waals surface area contributed by atoms with E-state index in [9.17, 15) is 0 Å². The molecule has 0 N–H and O–H groups in total. The minimum absolute atomic E-state index is 0.614. The lowest BCUT2D eigenvalue weighted by Crippen LogP contribution is -2.08. The molecular weight excluding hydrogens is 611 g/mol. The third-order valence-corrected chi connectivity index (χ3v) is 9.80. The third-order valence-electron chi connectivity index (χ3n) is 9.80. The van der Waals surface area contributed by atoms with E-state index in [2.05, 4.69) is 155 Å². The summed E-state index contributed by atoms with van der Waals surface area (Å²) in [5.41, 5.74) is 10.0. The van der Waals surface area contributed by atoms with E-state index in [4.69, 9.17) is 15.0 Å². The molecule has 1 aliphatic rings. The summed E-state index contributed by atoms with van der Waals surface area (Å²) in [6.07, 6.45) is 8.55. The van der Waals surface area contributed by atoms with Crippen LogP contribution in [0.25, 0.3) is 83.3 Å². The van der Waals surface area contributed by atoms with Crippen molar-refractivity contribution in [2.24, 2.45) is 0 Å². The third kappa shape index (κ3) is 4.59. The predicted octanol–water partition coefficient (Wildman–Crippen LogP) is 11.1. The van der Waals surface area contributed by atoms with E-state index in [-0.39, 0.29) is 0 Å². The van der Waals surface area contributed by atoms with Crippen LogP contribution in [0.4, 0.5) is 0 Å². The Morgan fingerprint density at radius 2 is 0.980 bits per heavy atom. The minimum Gasteiger partial charge on any atom is -0.309 e. The summed E-state index contributed by atoms with van der Waals surface area (Å²) >= 11 is 0. The molecule has 0 saturated heterocycles. The van der Waals surface area contributed by atoms with Gasteiger partial charge in [0.25, 0.3) is 0 Å². The van der Waals surface area contributed by atoms with Gasteiger partial charge in [-0.3, -0.25) is 4.57 Å². The molecule has 10 rings (SSSR count). The molecule has 0 fully saturated rings. The van der Waals surface area contributed by atoms with Crippen molar-refractivity contribution in [2.45, 2.75) is 12.8 Å². The molecule has 0 bridgehead atoms. The lowest BCUT2D eigenvalue weighted by atomic mass is 10.0. The highest BCUT2D eigenvalue weighted by Gasteiger charge is 2.19. The topological polar surface area (TPSA) is 48.5 Å². The Hall–Kier alpha value is -6.59. The van der Waals surface area contributed by atoms with Gasteiger partial charge in [-0.2, -0.15) is 9.97 Å². The fraction of sp³-hybridized carbons (Fsp3) is 0.0444. The first-order chi connectivity index (χ1) is 24.8.